The molecule has 0 aliphatic heterocycles. The second kappa shape index (κ2) is 6.06. The number of aliphatic hydroxyl groups excluding tert-OH is 1. The number of anilines is 2. The first-order chi connectivity index (χ1) is 9.54. The predicted octanol–water partition coefficient (Wildman–Crippen LogP) is 4.35. The maximum absolute atomic E-state index is 14.0. The highest BCUT2D eigenvalue weighted by Gasteiger charge is 2.18. The highest BCUT2D eigenvalue weighted by Crippen LogP contribution is 2.33. The fourth-order valence-corrected chi connectivity index (χ4v) is 2.46. The van der Waals surface area contributed by atoms with Gasteiger partial charge in [0.2, 0.25) is 0 Å². The first-order valence-electron chi connectivity index (χ1n) is 6.85. The Morgan fingerprint density at radius 3 is 2.50 bits per heavy atom. The van der Waals surface area contributed by atoms with Crippen LogP contribution >= 0.6 is 0 Å². The van der Waals surface area contributed by atoms with Crippen molar-refractivity contribution in [3.63, 3.8) is 0 Å². The lowest BCUT2D eigenvalue weighted by molar-refractivity contribution is 0.194. The van der Waals surface area contributed by atoms with Gasteiger partial charge in [0.25, 0.3) is 0 Å². The molecule has 0 amide bonds. The highest BCUT2D eigenvalue weighted by molar-refractivity contribution is 5.67. The van der Waals surface area contributed by atoms with Gasteiger partial charge in [-0.25, -0.2) is 4.39 Å². The first kappa shape index (κ1) is 14.5. The maximum atomic E-state index is 14.0. The summed E-state index contributed by atoms with van der Waals surface area (Å²) in [5.41, 5.74) is 3.21. The van der Waals surface area contributed by atoms with E-state index in [0.717, 1.165) is 11.3 Å². The number of aliphatic hydroxyl groups is 1. The quantitative estimate of drug-likeness (QED) is 0.895. The summed E-state index contributed by atoms with van der Waals surface area (Å²) in [5.74, 6) is -0.372. The Morgan fingerprint density at radius 2 is 1.90 bits per heavy atom. The van der Waals surface area contributed by atoms with E-state index in [4.69, 9.17) is 0 Å². The smallest absolute Gasteiger partial charge is 0.131 e. The molecular weight excluding hydrogens is 253 g/mol. The van der Waals surface area contributed by atoms with Crippen LogP contribution < -0.4 is 4.90 Å². The molecule has 0 spiro atoms. The average Bonchev–Trinajstić information content (AvgIpc) is 2.39. The maximum Gasteiger partial charge on any atom is 0.131 e. The molecule has 2 aromatic carbocycles. The largest absolute Gasteiger partial charge is 0.389 e. The number of halogens is 1. The predicted molar refractivity (Wildman–Crippen MR) is 80.9 cm³/mol. The summed E-state index contributed by atoms with van der Waals surface area (Å²) in [6, 6.07) is 13.0. The minimum Gasteiger partial charge on any atom is -0.389 e. The number of nitrogens with zero attached hydrogens (tertiary/aromatic N) is 1. The summed E-state index contributed by atoms with van der Waals surface area (Å²) in [4.78, 5) is 2.01. The molecule has 2 aromatic rings. The number of hydrogen-bond acceptors (Lipinski definition) is 2. The van der Waals surface area contributed by atoms with Crippen molar-refractivity contribution < 1.29 is 9.50 Å². The normalized spacial score (nSPS) is 12.2. The molecule has 106 valence electrons. The monoisotopic (exact) mass is 273 g/mol. The zero-order chi connectivity index (χ0) is 14.7. The van der Waals surface area contributed by atoms with Crippen LogP contribution in [0.4, 0.5) is 15.8 Å². The van der Waals surface area contributed by atoms with E-state index in [0.29, 0.717) is 17.8 Å². The molecule has 0 saturated carbocycles. The lowest BCUT2D eigenvalue weighted by Gasteiger charge is -2.27. The topological polar surface area (TPSA) is 23.5 Å². The summed E-state index contributed by atoms with van der Waals surface area (Å²) in [6.45, 7) is 6.33. The van der Waals surface area contributed by atoms with Gasteiger partial charge in [-0.1, -0.05) is 18.2 Å². The molecule has 2 rings (SSSR count). The molecule has 0 fully saturated rings. The fourth-order valence-electron chi connectivity index (χ4n) is 2.46. The minimum atomic E-state index is -0.843. The van der Waals surface area contributed by atoms with Crippen molar-refractivity contribution in [2.24, 2.45) is 0 Å². The summed E-state index contributed by atoms with van der Waals surface area (Å²) in [7, 11) is 0. The van der Waals surface area contributed by atoms with Gasteiger partial charge in [-0.05, 0) is 50.6 Å². The van der Waals surface area contributed by atoms with E-state index in [-0.39, 0.29) is 5.82 Å². The van der Waals surface area contributed by atoms with E-state index in [1.807, 2.05) is 43.0 Å². The molecule has 1 N–H and O–H groups in total. The summed E-state index contributed by atoms with van der Waals surface area (Å²) >= 11 is 0. The lowest BCUT2D eigenvalue weighted by atomic mass is 10.1. The van der Waals surface area contributed by atoms with Crippen molar-refractivity contribution in [3.8, 4) is 0 Å². The molecule has 3 heteroatoms. The second-order valence-electron chi connectivity index (χ2n) is 4.93. The van der Waals surface area contributed by atoms with Crippen molar-refractivity contribution in [3.05, 3.63) is 59.4 Å². The van der Waals surface area contributed by atoms with Crippen LogP contribution in [0.3, 0.4) is 0 Å². The Kier molecular flexibility index (Phi) is 4.40. The molecule has 20 heavy (non-hydrogen) atoms. The highest BCUT2D eigenvalue weighted by atomic mass is 19.1. The van der Waals surface area contributed by atoms with Gasteiger partial charge in [-0.3, -0.25) is 0 Å². The molecule has 0 aliphatic carbocycles. The van der Waals surface area contributed by atoms with Gasteiger partial charge in [0, 0.05) is 23.5 Å². The molecule has 0 aliphatic rings. The van der Waals surface area contributed by atoms with Gasteiger partial charge >= 0.3 is 0 Å². The standard InChI is InChI=1S/C17H20FNO/c1-4-19(14-8-5-7-12(2)11-14)16-10-6-9-15(18)17(16)13(3)20/h5-11,13,20H,4H2,1-3H3/t13-/m0/s1. The van der Waals surface area contributed by atoms with Crippen molar-refractivity contribution in [2.75, 3.05) is 11.4 Å². The first-order valence-corrected chi connectivity index (χ1v) is 6.85. The molecule has 2 nitrogen and oxygen atoms in total. The van der Waals surface area contributed by atoms with E-state index in [1.165, 1.54) is 6.07 Å². The van der Waals surface area contributed by atoms with E-state index in [2.05, 4.69) is 6.07 Å². The lowest BCUT2D eigenvalue weighted by Crippen LogP contribution is -2.19. The van der Waals surface area contributed by atoms with Gasteiger partial charge < -0.3 is 10.0 Å². The Morgan fingerprint density at radius 1 is 1.20 bits per heavy atom. The molecule has 1 atom stereocenters. The van der Waals surface area contributed by atoms with E-state index < -0.39 is 6.10 Å². The van der Waals surface area contributed by atoms with Crippen LogP contribution in [0.5, 0.6) is 0 Å². The minimum absolute atomic E-state index is 0.343. The van der Waals surface area contributed by atoms with E-state index >= 15 is 0 Å². The molecule has 0 aromatic heterocycles. The zero-order valence-corrected chi connectivity index (χ0v) is 12.1. The average molecular weight is 273 g/mol. The Labute approximate surface area is 119 Å². The van der Waals surface area contributed by atoms with E-state index in [1.54, 1.807) is 13.0 Å². The molecule has 0 saturated heterocycles. The van der Waals surface area contributed by atoms with Crippen molar-refractivity contribution >= 4 is 11.4 Å². The third kappa shape index (κ3) is 2.83. The van der Waals surface area contributed by atoms with Gasteiger partial charge in [0.15, 0.2) is 0 Å². The van der Waals surface area contributed by atoms with Crippen LogP contribution in [0.15, 0.2) is 42.5 Å². The van der Waals surface area contributed by atoms with Crippen LogP contribution in [0, 0.1) is 12.7 Å². The van der Waals surface area contributed by atoms with Crippen LogP contribution in [0.1, 0.15) is 31.1 Å². The van der Waals surface area contributed by atoms with Gasteiger partial charge in [-0.2, -0.15) is 0 Å². The third-order valence-electron chi connectivity index (χ3n) is 3.37. The molecule has 0 bridgehead atoms. The molecule has 0 unspecified atom stereocenters. The molecule has 0 radical (unpaired) electrons. The van der Waals surface area contributed by atoms with Crippen molar-refractivity contribution in [1.29, 1.82) is 0 Å². The summed E-state index contributed by atoms with van der Waals surface area (Å²) in [5, 5.41) is 9.86. The number of aryl methyl sites for hydroxylation is 1. The number of hydrogen-bond donors (Lipinski definition) is 1. The van der Waals surface area contributed by atoms with Crippen LogP contribution in [-0.2, 0) is 0 Å². The van der Waals surface area contributed by atoms with Crippen molar-refractivity contribution in [2.45, 2.75) is 26.9 Å². The third-order valence-corrected chi connectivity index (χ3v) is 3.37. The number of rotatable bonds is 4. The SMILES string of the molecule is CCN(c1cccc(C)c1)c1cccc(F)c1[C@H](C)O. The summed E-state index contributed by atoms with van der Waals surface area (Å²) in [6.07, 6.45) is -0.843. The van der Waals surface area contributed by atoms with Gasteiger partial charge in [-0.15, -0.1) is 0 Å². The number of benzene rings is 2. The fraction of sp³-hybridized carbons (Fsp3) is 0.294. The van der Waals surface area contributed by atoms with Crippen LogP contribution in [-0.4, -0.2) is 11.7 Å². The Hall–Kier alpha value is -1.87. The molecule has 0 heterocycles. The van der Waals surface area contributed by atoms with Crippen LogP contribution in [0.25, 0.3) is 0 Å². The summed E-state index contributed by atoms with van der Waals surface area (Å²) < 4.78 is 14.0. The van der Waals surface area contributed by atoms with Crippen LogP contribution in [0.2, 0.25) is 0 Å². The van der Waals surface area contributed by atoms with Gasteiger partial charge in [0.1, 0.15) is 5.82 Å². The van der Waals surface area contributed by atoms with Crippen molar-refractivity contribution in [1.82, 2.24) is 0 Å². The Bertz CT molecular complexity index is 595. The van der Waals surface area contributed by atoms with E-state index in [9.17, 15) is 9.50 Å². The zero-order valence-electron chi connectivity index (χ0n) is 12.1. The second-order valence-corrected chi connectivity index (χ2v) is 4.93. The molecular formula is C17H20FNO. The Balaban J connectivity index is 2.55. The van der Waals surface area contributed by atoms with Gasteiger partial charge in [0.05, 0.1) is 6.10 Å².